The van der Waals surface area contributed by atoms with Gasteiger partial charge in [0.2, 0.25) is 0 Å². The van der Waals surface area contributed by atoms with E-state index in [9.17, 15) is 4.79 Å². The summed E-state index contributed by atoms with van der Waals surface area (Å²) in [6.45, 7) is 5.91. The summed E-state index contributed by atoms with van der Waals surface area (Å²) >= 11 is 0. The van der Waals surface area contributed by atoms with Crippen molar-refractivity contribution in [1.29, 1.82) is 0 Å². The van der Waals surface area contributed by atoms with Crippen LogP contribution in [0.5, 0.6) is 5.75 Å². The Bertz CT molecular complexity index is 645. The minimum Gasteiger partial charge on any atom is -0.497 e. The molecule has 0 bridgehead atoms. The third kappa shape index (κ3) is 4.57. The second-order valence-electron chi connectivity index (χ2n) is 6.22. The van der Waals surface area contributed by atoms with E-state index in [2.05, 4.69) is 31.3 Å². The van der Waals surface area contributed by atoms with Crippen molar-refractivity contribution in [3.63, 3.8) is 0 Å². The molecule has 0 aliphatic rings. The Morgan fingerprint density at radius 2 is 1.70 bits per heavy atom. The molecule has 2 N–H and O–H groups in total. The maximum atomic E-state index is 10.8. The molecule has 122 valence electrons. The molecule has 0 atom stereocenters. The topological polar surface area (TPSA) is 58.6 Å². The van der Waals surface area contributed by atoms with Crippen molar-refractivity contribution in [1.82, 2.24) is 5.32 Å². The number of benzene rings is 2. The van der Waals surface area contributed by atoms with Crippen LogP contribution in [0.15, 0.2) is 48.5 Å². The van der Waals surface area contributed by atoms with Crippen molar-refractivity contribution in [2.75, 3.05) is 13.7 Å². The number of carboxylic acids is 1. The van der Waals surface area contributed by atoms with Gasteiger partial charge in [-0.05, 0) is 35.4 Å². The number of nitrogens with one attached hydrogen (secondary N) is 1. The Labute approximate surface area is 137 Å². The molecule has 0 spiro atoms. The minimum absolute atomic E-state index is 0.00667. The van der Waals surface area contributed by atoms with Gasteiger partial charge in [-0.15, -0.1) is 0 Å². The van der Waals surface area contributed by atoms with Crippen molar-refractivity contribution in [2.45, 2.75) is 25.8 Å². The van der Waals surface area contributed by atoms with E-state index in [1.807, 2.05) is 24.3 Å². The summed E-state index contributed by atoms with van der Waals surface area (Å²) in [7, 11) is 1.66. The van der Waals surface area contributed by atoms with E-state index in [0.717, 1.165) is 17.9 Å². The molecule has 4 nitrogen and oxygen atoms in total. The predicted octanol–water partition coefficient (Wildman–Crippen LogP) is 3.46. The summed E-state index contributed by atoms with van der Waals surface area (Å²) in [6.07, 6.45) is 0. The van der Waals surface area contributed by atoms with E-state index in [1.54, 1.807) is 19.2 Å². The molecule has 0 aliphatic carbocycles. The van der Waals surface area contributed by atoms with Gasteiger partial charge >= 0.3 is 5.97 Å². The number of hydrogen-bond donors (Lipinski definition) is 2. The molecule has 0 saturated carbocycles. The third-order valence-electron chi connectivity index (χ3n) is 3.97. The van der Waals surface area contributed by atoms with E-state index in [0.29, 0.717) is 12.1 Å². The molecule has 0 radical (unpaired) electrons. The van der Waals surface area contributed by atoms with E-state index in [1.165, 1.54) is 5.56 Å². The second kappa shape index (κ2) is 7.29. The average molecular weight is 313 g/mol. The Kier molecular flexibility index (Phi) is 5.40. The Morgan fingerprint density at radius 3 is 2.22 bits per heavy atom. The Hall–Kier alpha value is -2.33. The first-order valence-corrected chi connectivity index (χ1v) is 7.60. The lowest BCUT2D eigenvalue weighted by Gasteiger charge is -2.26. The number of hydrogen-bond acceptors (Lipinski definition) is 3. The number of carbonyl (C=O) groups is 1. The highest BCUT2D eigenvalue weighted by Crippen LogP contribution is 2.24. The van der Waals surface area contributed by atoms with E-state index in [-0.39, 0.29) is 5.41 Å². The van der Waals surface area contributed by atoms with E-state index in [4.69, 9.17) is 9.84 Å². The lowest BCUT2D eigenvalue weighted by atomic mass is 9.84. The fraction of sp³-hybridized carbons (Fsp3) is 0.316. The van der Waals surface area contributed by atoms with Crippen LogP contribution in [0.3, 0.4) is 0 Å². The molecule has 0 fully saturated rings. The van der Waals surface area contributed by atoms with Gasteiger partial charge in [0, 0.05) is 18.5 Å². The predicted molar refractivity (Wildman–Crippen MR) is 91.1 cm³/mol. The van der Waals surface area contributed by atoms with E-state index >= 15 is 0 Å². The molecule has 0 saturated heterocycles. The van der Waals surface area contributed by atoms with Gasteiger partial charge in [-0.3, -0.25) is 0 Å². The number of aromatic carboxylic acids is 1. The molecule has 0 heterocycles. The van der Waals surface area contributed by atoms with Gasteiger partial charge in [-0.1, -0.05) is 38.1 Å². The maximum Gasteiger partial charge on any atom is 0.335 e. The summed E-state index contributed by atoms with van der Waals surface area (Å²) in [4.78, 5) is 10.8. The number of methoxy groups -OCH3 is 1. The van der Waals surface area contributed by atoms with Gasteiger partial charge in [0.1, 0.15) is 5.75 Å². The highest BCUT2D eigenvalue weighted by atomic mass is 16.5. The summed E-state index contributed by atoms with van der Waals surface area (Å²) in [5, 5.41) is 12.3. The third-order valence-corrected chi connectivity index (χ3v) is 3.97. The normalized spacial score (nSPS) is 11.3. The lowest BCUT2D eigenvalue weighted by Crippen LogP contribution is -2.32. The molecule has 4 heteroatoms. The molecule has 0 aliphatic heterocycles. The summed E-state index contributed by atoms with van der Waals surface area (Å²) in [5.74, 6) is -0.0406. The highest BCUT2D eigenvalue weighted by Gasteiger charge is 2.20. The molecule has 23 heavy (non-hydrogen) atoms. The van der Waals surface area contributed by atoms with Crippen LogP contribution in [0.1, 0.15) is 35.3 Å². The largest absolute Gasteiger partial charge is 0.497 e. The molecule has 0 aromatic heterocycles. The summed E-state index contributed by atoms with van der Waals surface area (Å²) < 4.78 is 5.19. The van der Waals surface area contributed by atoms with Gasteiger partial charge in [-0.25, -0.2) is 4.79 Å². The lowest BCUT2D eigenvalue weighted by molar-refractivity contribution is 0.0697. The molecule has 2 rings (SSSR count). The Morgan fingerprint density at radius 1 is 1.09 bits per heavy atom. The standard InChI is InChI=1S/C19H23NO3/c1-19(2,16-8-10-17(23-3)11-9-16)13-20-12-14-4-6-15(7-5-14)18(21)22/h4-11,20H,12-13H2,1-3H3,(H,21,22). The summed E-state index contributed by atoms with van der Waals surface area (Å²) in [5.41, 5.74) is 2.62. The van der Waals surface area contributed by atoms with Crippen LogP contribution in [-0.2, 0) is 12.0 Å². The van der Waals surface area contributed by atoms with Gasteiger partial charge < -0.3 is 15.2 Å². The zero-order valence-corrected chi connectivity index (χ0v) is 13.8. The summed E-state index contributed by atoms with van der Waals surface area (Å²) in [6, 6.07) is 15.1. The van der Waals surface area contributed by atoms with Gasteiger partial charge in [0.15, 0.2) is 0 Å². The van der Waals surface area contributed by atoms with Crippen LogP contribution in [0.2, 0.25) is 0 Å². The zero-order chi connectivity index (χ0) is 16.9. The van der Waals surface area contributed by atoms with Crippen molar-refractivity contribution >= 4 is 5.97 Å². The van der Waals surface area contributed by atoms with Crippen LogP contribution in [-0.4, -0.2) is 24.7 Å². The highest BCUT2D eigenvalue weighted by molar-refractivity contribution is 5.87. The van der Waals surface area contributed by atoms with Crippen molar-refractivity contribution in [3.05, 3.63) is 65.2 Å². The maximum absolute atomic E-state index is 10.8. The number of ether oxygens (including phenoxy) is 1. The molecule has 0 unspecified atom stereocenters. The van der Waals surface area contributed by atoms with Crippen LogP contribution in [0.25, 0.3) is 0 Å². The first-order chi connectivity index (χ1) is 10.9. The first-order valence-electron chi connectivity index (χ1n) is 7.60. The van der Waals surface area contributed by atoms with Crippen LogP contribution in [0, 0.1) is 0 Å². The van der Waals surface area contributed by atoms with Crippen LogP contribution >= 0.6 is 0 Å². The molecule has 0 amide bonds. The zero-order valence-electron chi connectivity index (χ0n) is 13.8. The average Bonchev–Trinajstić information content (AvgIpc) is 2.55. The van der Waals surface area contributed by atoms with Crippen LogP contribution < -0.4 is 10.1 Å². The minimum atomic E-state index is -0.898. The fourth-order valence-corrected chi connectivity index (χ4v) is 2.43. The SMILES string of the molecule is COc1ccc(C(C)(C)CNCc2ccc(C(=O)O)cc2)cc1. The van der Waals surface area contributed by atoms with Crippen molar-refractivity contribution in [3.8, 4) is 5.75 Å². The molecular weight excluding hydrogens is 290 g/mol. The smallest absolute Gasteiger partial charge is 0.335 e. The van der Waals surface area contributed by atoms with Crippen molar-refractivity contribution in [2.24, 2.45) is 0 Å². The van der Waals surface area contributed by atoms with Crippen molar-refractivity contribution < 1.29 is 14.6 Å². The van der Waals surface area contributed by atoms with E-state index < -0.39 is 5.97 Å². The van der Waals surface area contributed by atoms with Gasteiger partial charge in [0.05, 0.1) is 12.7 Å². The second-order valence-corrected chi connectivity index (χ2v) is 6.22. The van der Waals surface area contributed by atoms with Gasteiger partial charge in [-0.2, -0.15) is 0 Å². The number of carboxylic acid groups (broad SMARTS) is 1. The van der Waals surface area contributed by atoms with Crippen LogP contribution in [0.4, 0.5) is 0 Å². The molecule has 2 aromatic rings. The monoisotopic (exact) mass is 313 g/mol. The quantitative estimate of drug-likeness (QED) is 0.822. The molecule has 2 aromatic carbocycles. The Balaban J connectivity index is 1.92. The fourth-order valence-electron chi connectivity index (χ4n) is 2.43. The molecular formula is C19H23NO3. The first kappa shape index (κ1) is 17.0. The number of rotatable bonds is 7. The van der Waals surface area contributed by atoms with Gasteiger partial charge in [0.25, 0.3) is 0 Å².